The van der Waals surface area contributed by atoms with E-state index in [1.54, 1.807) is 0 Å². The van der Waals surface area contributed by atoms with E-state index in [4.69, 9.17) is 0 Å². The van der Waals surface area contributed by atoms with Gasteiger partial charge in [0.25, 0.3) is 0 Å². The van der Waals surface area contributed by atoms with Gasteiger partial charge in [-0.2, -0.15) is 0 Å². The number of carbonyl (C=O) groups is 1. The number of allylic oxidation sites excluding steroid dienone is 1. The number of rotatable bonds is 0. The molecule has 8 heavy (non-hydrogen) atoms. The number of hydrogen-bond donors (Lipinski definition) is 0. The molecule has 1 saturated heterocycles. The number of ether oxygens (including phenoxy) is 2. The maximum atomic E-state index is 10.1. The van der Waals surface area contributed by atoms with E-state index in [9.17, 15) is 4.79 Å². The quantitative estimate of drug-likeness (QED) is 0.437. The molecule has 0 aromatic heterocycles. The fourth-order valence-corrected chi connectivity index (χ4v) is 0.397. The lowest BCUT2D eigenvalue weighted by Crippen LogP contribution is -1.88. The Bertz CT molecular complexity index is 137. The van der Waals surface area contributed by atoms with Gasteiger partial charge < -0.3 is 9.47 Å². The first kappa shape index (κ1) is 5.15. The molecule has 3 nitrogen and oxygen atoms in total. The Morgan fingerprint density at radius 1 is 1.75 bits per heavy atom. The third-order valence-electron chi connectivity index (χ3n) is 0.774. The van der Waals surface area contributed by atoms with Crippen LogP contribution < -0.4 is 0 Å². The van der Waals surface area contributed by atoms with Gasteiger partial charge in [-0.25, -0.2) is 4.79 Å². The van der Waals surface area contributed by atoms with Crippen molar-refractivity contribution in [2.75, 3.05) is 6.61 Å². The third-order valence-corrected chi connectivity index (χ3v) is 0.774. The minimum Gasteiger partial charge on any atom is -0.426 e. The second kappa shape index (κ2) is 1.86. The molecule has 0 saturated carbocycles. The molecule has 1 fully saturated rings. The van der Waals surface area contributed by atoms with Crippen molar-refractivity contribution in [3.8, 4) is 0 Å². The molecule has 1 radical (unpaired) electrons. The average molecular weight is 113 g/mol. The monoisotopic (exact) mass is 113 g/mol. The maximum absolute atomic E-state index is 10.1. The van der Waals surface area contributed by atoms with Crippen molar-refractivity contribution in [2.45, 2.75) is 0 Å². The number of hydrogen-bond acceptors (Lipinski definition) is 3. The molecule has 0 unspecified atom stereocenters. The second-order valence-corrected chi connectivity index (χ2v) is 1.31. The molecule has 0 N–H and O–H groups in total. The topological polar surface area (TPSA) is 35.5 Å². The van der Waals surface area contributed by atoms with Gasteiger partial charge in [0.2, 0.25) is 0 Å². The summed E-state index contributed by atoms with van der Waals surface area (Å²) < 4.78 is 8.83. The van der Waals surface area contributed by atoms with Crippen LogP contribution in [-0.4, -0.2) is 12.8 Å². The molecule has 43 valence electrons. The van der Waals surface area contributed by atoms with E-state index in [-0.39, 0.29) is 6.61 Å². The standard InChI is InChI=1S/C5H5O3/c1-2-4-3-7-5(6)8-4/h2H,1,3H2/b4-2-. The maximum Gasteiger partial charge on any atom is 0.514 e. The minimum absolute atomic E-state index is 0.225. The van der Waals surface area contributed by atoms with Crippen molar-refractivity contribution in [3.63, 3.8) is 0 Å². The highest BCUT2D eigenvalue weighted by Crippen LogP contribution is 2.07. The van der Waals surface area contributed by atoms with Crippen molar-refractivity contribution >= 4 is 6.16 Å². The van der Waals surface area contributed by atoms with Crippen LogP contribution in [0.2, 0.25) is 0 Å². The van der Waals surface area contributed by atoms with Crippen molar-refractivity contribution in [1.82, 2.24) is 0 Å². The Labute approximate surface area is 46.9 Å². The minimum atomic E-state index is -0.639. The van der Waals surface area contributed by atoms with Gasteiger partial charge in [0.05, 0.1) is 0 Å². The molecule has 0 aromatic rings. The molecule has 0 bridgehead atoms. The summed E-state index contributed by atoms with van der Waals surface area (Å²) in [6.45, 7) is 3.61. The summed E-state index contributed by atoms with van der Waals surface area (Å²) in [6, 6.07) is 0. The molecular formula is C5H5O3. The van der Waals surface area contributed by atoms with Crippen molar-refractivity contribution < 1.29 is 14.3 Å². The van der Waals surface area contributed by atoms with E-state index in [0.717, 1.165) is 0 Å². The normalized spacial score (nSPS) is 23.1. The van der Waals surface area contributed by atoms with Gasteiger partial charge in [-0.05, 0) is 13.0 Å². The zero-order valence-corrected chi connectivity index (χ0v) is 4.22. The SMILES string of the molecule is [CH2]/C=C1/COC(=O)O1. The summed E-state index contributed by atoms with van der Waals surface area (Å²) in [5, 5.41) is 0. The highest BCUT2D eigenvalue weighted by Gasteiger charge is 2.16. The molecule has 1 aliphatic rings. The van der Waals surface area contributed by atoms with E-state index >= 15 is 0 Å². The van der Waals surface area contributed by atoms with Gasteiger partial charge >= 0.3 is 6.16 Å². The van der Waals surface area contributed by atoms with E-state index in [1.807, 2.05) is 0 Å². The van der Waals surface area contributed by atoms with Gasteiger partial charge in [-0.1, -0.05) is 0 Å². The predicted octanol–water partition coefficient (Wildman–Crippen LogP) is 0.871. The molecule has 3 heteroatoms. The number of carbonyl (C=O) groups excluding carboxylic acids is 1. The van der Waals surface area contributed by atoms with E-state index in [0.29, 0.717) is 5.76 Å². The van der Waals surface area contributed by atoms with Crippen molar-refractivity contribution in [2.24, 2.45) is 0 Å². The van der Waals surface area contributed by atoms with Crippen LogP contribution in [0.5, 0.6) is 0 Å². The third kappa shape index (κ3) is 0.804. The first-order chi connectivity index (χ1) is 3.83. The average Bonchev–Trinajstić information content (AvgIpc) is 2.14. The zero-order chi connectivity index (χ0) is 5.98. The lowest BCUT2D eigenvalue weighted by molar-refractivity contribution is 0.136. The summed E-state index contributed by atoms with van der Waals surface area (Å²) in [4.78, 5) is 10.1. The number of cyclic esters (lactones) is 2. The Balaban J connectivity index is 2.56. The fourth-order valence-electron chi connectivity index (χ4n) is 0.397. The summed E-state index contributed by atoms with van der Waals surface area (Å²) in [7, 11) is 0. The zero-order valence-electron chi connectivity index (χ0n) is 4.22. The summed E-state index contributed by atoms with van der Waals surface area (Å²) >= 11 is 0. The molecule has 0 aliphatic carbocycles. The molecule has 1 rings (SSSR count). The highest BCUT2D eigenvalue weighted by atomic mass is 16.8. The largest absolute Gasteiger partial charge is 0.514 e. The van der Waals surface area contributed by atoms with Crippen LogP contribution in [0.4, 0.5) is 4.79 Å². The lowest BCUT2D eigenvalue weighted by Gasteiger charge is -1.83. The van der Waals surface area contributed by atoms with Crippen LogP contribution in [0, 0.1) is 6.92 Å². The van der Waals surface area contributed by atoms with Crippen molar-refractivity contribution in [1.29, 1.82) is 0 Å². The first-order valence-corrected chi connectivity index (χ1v) is 2.16. The predicted molar refractivity (Wildman–Crippen MR) is 25.9 cm³/mol. The summed E-state index contributed by atoms with van der Waals surface area (Å²) in [6.07, 6.45) is 0.810. The molecular weight excluding hydrogens is 108 g/mol. The Hall–Kier alpha value is -0.990. The molecule has 1 aliphatic heterocycles. The van der Waals surface area contributed by atoms with Gasteiger partial charge in [0.1, 0.15) is 5.76 Å². The molecule has 1 heterocycles. The van der Waals surface area contributed by atoms with Crippen LogP contribution in [0.15, 0.2) is 11.8 Å². The van der Waals surface area contributed by atoms with Crippen molar-refractivity contribution in [3.05, 3.63) is 18.8 Å². The Morgan fingerprint density at radius 2 is 2.50 bits per heavy atom. The highest BCUT2D eigenvalue weighted by molar-refractivity contribution is 5.64. The van der Waals surface area contributed by atoms with Gasteiger partial charge in [0, 0.05) is 0 Å². The molecule has 0 aromatic carbocycles. The van der Waals surface area contributed by atoms with Crippen LogP contribution >= 0.6 is 0 Å². The smallest absolute Gasteiger partial charge is 0.426 e. The van der Waals surface area contributed by atoms with E-state index in [1.165, 1.54) is 6.08 Å². The van der Waals surface area contributed by atoms with Crippen LogP contribution in [0.1, 0.15) is 0 Å². The molecule has 0 amide bonds. The van der Waals surface area contributed by atoms with Crippen LogP contribution in [-0.2, 0) is 9.47 Å². The fraction of sp³-hybridized carbons (Fsp3) is 0.200. The van der Waals surface area contributed by atoms with Gasteiger partial charge in [-0.3, -0.25) is 0 Å². The van der Waals surface area contributed by atoms with Crippen LogP contribution in [0.25, 0.3) is 0 Å². The molecule has 0 spiro atoms. The summed E-state index contributed by atoms with van der Waals surface area (Å²) in [5.74, 6) is 0.481. The lowest BCUT2D eigenvalue weighted by atomic mass is 10.5. The molecule has 0 atom stereocenters. The van der Waals surface area contributed by atoms with E-state index < -0.39 is 6.16 Å². The second-order valence-electron chi connectivity index (χ2n) is 1.31. The van der Waals surface area contributed by atoms with Gasteiger partial charge in [-0.15, -0.1) is 0 Å². The van der Waals surface area contributed by atoms with Gasteiger partial charge in [0.15, 0.2) is 6.61 Å². The van der Waals surface area contributed by atoms with E-state index in [2.05, 4.69) is 16.4 Å². The Morgan fingerprint density at radius 3 is 2.75 bits per heavy atom. The first-order valence-electron chi connectivity index (χ1n) is 2.16. The van der Waals surface area contributed by atoms with Crippen LogP contribution in [0.3, 0.4) is 0 Å². The Kier molecular flexibility index (Phi) is 1.20. The summed E-state index contributed by atoms with van der Waals surface area (Å²) in [5.41, 5.74) is 0.